The standard InChI is InChI=1S/C17H29NO3/c1-14(2)13-18-10-9-17(3,19)15-7-5-6-8-16(15)21-12-11-20-4/h5-8,14,18-19H,9-13H2,1-4H3. The molecule has 0 aliphatic rings. The average Bonchev–Trinajstić information content (AvgIpc) is 2.44. The quantitative estimate of drug-likeness (QED) is 0.651. The fraction of sp³-hybridized carbons (Fsp3) is 0.647. The van der Waals surface area contributed by atoms with Gasteiger partial charge >= 0.3 is 0 Å². The Balaban J connectivity index is 2.63. The third-order valence-electron chi connectivity index (χ3n) is 3.35. The molecule has 0 fully saturated rings. The third-order valence-corrected chi connectivity index (χ3v) is 3.35. The van der Waals surface area contributed by atoms with Gasteiger partial charge in [0.1, 0.15) is 12.4 Å². The van der Waals surface area contributed by atoms with Crippen molar-refractivity contribution in [3.8, 4) is 5.75 Å². The molecule has 0 spiro atoms. The fourth-order valence-electron chi connectivity index (χ4n) is 2.13. The molecular weight excluding hydrogens is 266 g/mol. The molecule has 0 saturated heterocycles. The molecule has 1 aromatic rings. The molecule has 4 heteroatoms. The zero-order valence-corrected chi connectivity index (χ0v) is 13.7. The summed E-state index contributed by atoms with van der Waals surface area (Å²) in [5.41, 5.74) is -0.0827. The van der Waals surface area contributed by atoms with Gasteiger partial charge in [-0.15, -0.1) is 0 Å². The van der Waals surface area contributed by atoms with Crippen LogP contribution < -0.4 is 10.1 Å². The van der Waals surface area contributed by atoms with Crippen LogP contribution in [0.25, 0.3) is 0 Å². The second kappa shape index (κ2) is 9.03. The van der Waals surface area contributed by atoms with Gasteiger partial charge in [0, 0.05) is 12.7 Å². The highest BCUT2D eigenvalue weighted by molar-refractivity contribution is 5.37. The third kappa shape index (κ3) is 6.46. The van der Waals surface area contributed by atoms with Crippen molar-refractivity contribution in [2.75, 3.05) is 33.4 Å². The minimum absolute atomic E-state index is 0.481. The summed E-state index contributed by atoms with van der Waals surface area (Å²) in [5.74, 6) is 1.34. The van der Waals surface area contributed by atoms with Crippen molar-refractivity contribution in [3.63, 3.8) is 0 Å². The van der Waals surface area contributed by atoms with Gasteiger partial charge in [-0.3, -0.25) is 0 Å². The SMILES string of the molecule is COCCOc1ccccc1C(C)(O)CCNCC(C)C. The van der Waals surface area contributed by atoms with E-state index >= 15 is 0 Å². The van der Waals surface area contributed by atoms with Crippen molar-refractivity contribution < 1.29 is 14.6 Å². The molecule has 120 valence electrons. The summed E-state index contributed by atoms with van der Waals surface area (Å²) in [6.45, 7) is 8.93. The molecular formula is C17H29NO3. The first-order valence-corrected chi connectivity index (χ1v) is 7.61. The van der Waals surface area contributed by atoms with E-state index in [0.717, 1.165) is 24.4 Å². The molecule has 0 radical (unpaired) electrons. The van der Waals surface area contributed by atoms with Crippen LogP contribution in [0.4, 0.5) is 0 Å². The molecule has 0 saturated carbocycles. The van der Waals surface area contributed by atoms with E-state index in [4.69, 9.17) is 9.47 Å². The van der Waals surface area contributed by atoms with Gasteiger partial charge in [-0.05, 0) is 38.4 Å². The van der Waals surface area contributed by atoms with Crippen LogP contribution in [-0.4, -0.2) is 38.5 Å². The number of methoxy groups -OCH3 is 1. The first-order chi connectivity index (χ1) is 9.97. The zero-order chi connectivity index (χ0) is 15.7. The summed E-state index contributed by atoms with van der Waals surface area (Å²) < 4.78 is 10.7. The first kappa shape index (κ1) is 18.0. The maximum Gasteiger partial charge on any atom is 0.125 e. The topological polar surface area (TPSA) is 50.7 Å². The molecule has 0 aliphatic carbocycles. The molecule has 0 aliphatic heterocycles. The van der Waals surface area contributed by atoms with Gasteiger partial charge in [0.05, 0.1) is 12.2 Å². The smallest absolute Gasteiger partial charge is 0.125 e. The van der Waals surface area contributed by atoms with Crippen molar-refractivity contribution in [3.05, 3.63) is 29.8 Å². The highest BCUT2D eigenvalue weighted by Crippen LogP contribution is 2.32. The van der Waals surface area contributed by atoms with E-state index in [-0.39, 0.29) is 0 Å². The Kier molecular flexibility index (Phi) is 7.72. The molecule has 0 aromatic heterocycles. The number of nitrogens with one attached hydrogen (secondary N) is 1. The van der Waals surface area contributed by atoms with Crippen LogP contribution in [0.2, 0.25) is 0 Å². The second-order valence-electron chi connectivity index (χ2n) is 5.96. The molecule has 4 nitrogen and oxygen atoms in total. The maximum absolute atomic E-state index is 10.7. The summed E-state index contributed by atoms with van der Waals surface area (Å²) in [6.07, 6.45) is 0.643. The van der Waals surface area contributed by atoms with Crippen LogP contribution in [0.15, 0.2) is 24.3 Å². The summed E-state index contributed by atoms with van der Waals surface area (Å²) in [7, 11) is 1.64. The highest BCUT2D eigenvalue weighted by Gasteiger charge is 2.26. The largest absolute Gasteiger partial charge is 0.491 e. The predicted octanol–water partition coefficient (Wildman–Crippen LogP) is 2.56. The van der Waals surface area contributed by atoms with Crippen molar-refractivity contribution in [1.82, 2.24) is 5.32 Å². The molecule has 1 unspecified atom stereocenters. The number of aliphatic hydroxyl groups is 1. The lowest BCUT2D eigenvalue weighted by molar-refractivity contribution is 0.0436. The minimum Gasteiger partial charge on any atom is -0.491 e. The van der Waals surface area contributed by atoms with E-state index < -0.39 is 5.60 Å². The molecule has 0 bridgehead atoms. The minimum atomic E-state index is -0.909. The Morgan fingerprint density at radius 1 is 1.24 bits per heavy atom. The van der Waals surface area contributed by atoms with E-state index in [1.807, 2.05) is 31.2 Å². The molecule has 1 aromatic carbocycles. The fourth-order valence-corrected chi connectivity index (χ4v) is 2.13. The van der Waals surface area contributed by atoms with E-state index in [1.54, 1.807) is 7.11 Å². The number of ether oxygens (including phenoxy) is 2. The number of rotatable bonds is 10. The maximum atomic E-state index is 10.7. The molecule has 1 rings (SSSR count). The Labute approximate surface area is 128 Å². The summed E-state index contributed by atoms with van der Waals surface area (Å²) in [6, 6.07) is 7.65. The first-order valence-electron chi connectivity index (χ1n) is 7.61. The van der Waals surface area contributed by atoms with Crippen molar-refractivity contribution in [1.29, 1.82) is 0 Å². The molecule has 2 N–H and O–H groups in total. The van der Waals surface area contributed by atoms with Gasteiger partial charge in [-0.2, -0.15) is 0 Å². The Bertz CT molecular complexity index is 405. The van der Waals surface area contributed by atoms with E-state index in [0.29, 0.717) is 25.6 Å². The molecule has 0 amide bonds. The van der Waals surface area contributed by atoms with Gasteiger partial charge in [-0.1, -0.05) is 32.0 Å². The Morgan fingerprint density at radius 2 is 1.95 bits per heavy atom. The number of hydrogen-bond donors (Lipinski definition) is 2. The van der Waals surface area contributed by atoms with Gasteiger partial charge in [-0.25, -0.2) is 0 Å². The lowest BCUT2D eigenvalue weighted by Gasteiger charge is -2.26. The van der Waals surface area contributed by atoms with Crippen LogP contribution >= 0.6 is 0 Å². The number of benzene rings is 1. The van der Waals surface area contributed by atoms with Crippen LogP contribution in [0.3, 0.4) is 0 Å². The second-order valence-corrected chi connectivity index (χ2v) is 5.96. The lowest BCUT2D eigenvalue weighted by atomic mass is 9.91. The Hall–Kier alpha value is -1.10. The van der Waals surface area contributed by atoms with E-state index in [1.165, 1.54) is 0 Å². The van der Waals surface area contributed by atoms with E-state index in [9.17, 15) is 5.11 Å². The zero-order valence-electron chi connectivity index (χ0n) is 13.7. The molecule has 1 atom stereocenters. The molecule has 21 heavy (non-hydrogen) atoms. The summed E-state index contributed by atoms with van der Waals surface area (Å²) >= 11 is 0. The van der Waals surface area contributed by atoms with Crippen LogP contribution in [-0.2, 0) is 10.3 Å². The van der Waals surface area contributed by atoms with Crippen molar-refractivity contribution >= 4 is 0 Å². The van der Waals surface area contributed by atoms with Gasteiger partial charge in [0.2, 0.25) is 0 Å². The number of para-hydroxylation sites is 1. The highest BCUT2D eigenvalue weighted by atomic mass is 16.5. The predicted molar refractivity (Wildman–Crippen MR) is 85.7 cm³/mol. The monoisotopic (exact) mass is 295 g/mol. The average molecular weight is 295 g/mol. The molecule has 0 heterocycles. The van der Waals surface area contributed by atoms with Crippen LogP contribution in [0.5, 0.6) is 5.75 Å². The van der Waals surface area contributed by atoms with Gasteiger partial charge in [0.25, 0.3) is 0 Å². The normalized spacial score (nSPS) is 14.2. The van der Waals surface area contributed by atoms with Gasteiger partial charge in [0.15, 0.2) is 0 Å². The lowest BCUT2D eigenvalue weighted by Crippen LogP contribution is -2.30. The van der Waals surface area contributed by atoms with Crippen LogP contribution in [0.1, 0.15) is 32.8 Å². The number of hydrogen-bond acceptors (Lipinski definition) is 4. The van der Waals surface area contributed by atoms with Gasteiger partial charge < -0.3 is 19.9 Å². The van der Waals surface area contributed by atoms with Crippen LogP contribution in [0, 0.1) is 5.92 Å². The Morgan fingerprint density at radius 3 is 2.62 bits per heavy atom. The summed E-state index contributed by atoms with van der Waals surface area (Å²) in [5, 5.41) is 14.1. The van der Waals surface area contributed by atoms with Crippen molar-refractivity contribution in [2.45, 2.75) is 32.8 Å². The van der Waals surface area contributed by atoms with E-state index in [2.05, 4.69) is 19.2 Å². The van der Waals surface area contributed by atoms with Crippen molar-refractivity contribution in [2.24, 2.45) is 5.92 Å². The summed E-state index contributed by atoms with van der Waals surface area (Å²) in [4.78, 5) is 0.